The quantitative estimate of drug-likeness (QED) is 0.528. The number of pyridine rings is 2. The number of nitriles is 1. The van der Waals surface area contributed by atoms with Crippen LogP contribution >= 0.6 is 0 Å². The first-order valence-corrected chi connectivity index (χ1v) is 10.4. The molecule has 1 aliphatic rings. The zero-order valence-corrected chi connectivity index (χ0v) is 17.1. The molecule has 30 heavy (non-hydrogen) atoms. The lowest BCUT2D eigenvalue weighted by atomic mass is 10.1. The molecule has 3 heterocycles. The summed E-state index contributed by atoms with van der Waals surface area (Å²) in [7, 11) is 0. The minimum atomic E-state index is 0.197. The largest absolute Gasteiger partial charge is 0.439 e. The number of hydrogen-bond donors (Lipinski definition) is 3. The highest BCUT2D eigenvalue weighted by Crippen LogP contribution is 2.26. The summed E-state index contributed by atoms with van der Waals surface area (Å²) in [6.07, 6.45) is 4.34. The summed E-state index contributed by atoms with van der Waals surface area (Å²) in [6, 6.07) is 16.6. The Morgan fingerprint density at radius 2 is 2.20 bits per heavy atom. The van der Waals surface area contributed by atoms with Crippen LogP contribution in [0.1, 0.15) is 43.5 Å². The van der Waals surface area contributed by atoms with Crippen molar-refractivity contribution in [3.8, 4) is 17.7 Å². The van der Waals surface area contributed by atoms with Gasteiger partial charge in [0, 0.05) is 42.8 Å². The van der Waals surface area contributed by atoms with Crippen molar-refractivity contribution in [2.45, 2.75) is 44.8 Å². The summed E-state index contributed by atoms with van der Waals surface area (Å²) in [5.74, 6) is 1.30. The van der Waals surface area contributed by atoms with Gasteiger partial charge in [0.2, 0.25) is 5.88 Å². The average molecular weight is 403 g/mol. The molecule has 2 atom stereocenters. The number of hydrazine groups is 1. The summed E-state index contributed by atoms with van der Waals surface area (Å²) in [5.41, 5.74) is 9.39. The molecule has 1 aromatic carbocycles. The van der Waals surface area contributed by atoms with E-state index in [2.05, 4.69) is 34.1 Å². The van der Waals surface area contributed by atoms with E-state index < -0.39 is 0 Å². The molecule has 1 unspecified atom stereocenters. The monoisotopic (exact) mass is 402 g/mol. The van der Waals surface area contributed by atoms with E-state index in [4.69, 9.17) is 15.0 Å². The topological polar surface area (TPSA) is 94.9 Å². The van der Waals surface area contributed by atoms with Gasteiger partial charge >= 0.3 is 0 Å². The minimum Gasteiger partial charge on any atom is -0.439 e. The molecule has 3 aromatic rings. The molecule has 154 valence electrons. The van der Waals surface area contributed by atoms with Crippen LogP contribution in [0.2, 0.25) is 0 Å². The van der Waals surface area contributed by atoms with E-state index in [1.165, 1.54) is 0 Å². The van der Waals surface area contributed by atoms with E-state index in [1.807, 2.05) is 48.7 Å². The van der Waals surface area contributed by atoms with Gasteiger partial charge in [-0.1, -0.05) is 19.1 Å². The Bertz CT molecular complexity index is 1020. The molecule has 0 radical (unpaired) electrons. The van der Waals surface area contributed by atoms with Crippen LogP contribution in [0.3, 0.4) is 0 Å². The lowest BCUT2D eigenvalue weighted by Crippen LogP contribution is -2.27. The summed E-state index contributed by atoms with van der Waals surface area (Å²) in [5, 5.41) is 13.3. The first-order chi connectivity index (χ1) is 14.7. The highest BCUT2D eigenvalue weighted by atomic mass is 16.5. The van der Waals surface area contributed by atoms with Crippen molar-refractivity contribution < 1.29 is 4.74 Å². The second-order valence-electron chi connectivity index (χ2n) is 7.45. The maximum Gasteiger partial charge on any atom is 0.219 e. The van der Waals surface area contributed by atoms with Gasteiger partial charge in [0.25, 0.3) is 0 Å². The maximum absolute atomic E-state index is 8.87. The van der Waals surface area contributed by atoms with E-state index >= 15 is 0 Å². The second kappa shape index (κ2) is 9.63. The molecule has 0 saturated carbocycles. The van der Waals surface area contributed by atoms with Gasteiger partial charge in [0.05, 0.1) is 23.7 Å². The maximum atomic E-state index is 8.87. The molecule has 2 aromatic heterocycles. The molecule has 1 fully saturated rings. The van der Waals surface area contributed by atoms with Gasteiger partial charge in [-0.25, -0.2) is 4.98 Å². The van der Waals surface area contributed by atoms with Crippen molar-refractivity contribution in [1.82, 2.24) is 26.1 Å². The molecule has 3 N–H and O–H groups in total. The summed E-state index contributed by atoms with van der Waals surface area (Å²) >= 11 is 0. The normalized spacial score (nSPS) is 17.0. The zero-order chi connectivity index (χ0) is 20.8. The Kier molecular flexibility index (Phi) is 6.50. The first-order valence-electron chi connectivity index (χ1n) is 10.4. The Hall–Kier alpha value is -3.05. The van der Waals surface area contributed by atoms with Crippen LogP contribution in [0.4, 0.5) is 0 Å². The van der Waals surface area contributed by atoms with Gasteiger partial charge in [0.15, 0.2) is 0 Å². The minimum absolute atomic E-state index is 0.197. The Balaban J connectivity index is 1.41. The van der Waals surface area contributed by atoms with Crippen LogP contribution in [0.5, 0.6) is 11.6 Å². The molecule has 1 saturated heterocycles. The fraction of sp³-hybridized carbons (Fsp3) is 0.348. The van der Waals surface area contributed by atoms with Crippen molar-refractivity contribution >= 4 is 10.9 Å². The molecule has 0 aliphatic carbocycles. The molecule has 0 spiro atoms. The van der Waals surface area contributed by atoms with Crippen molar-refractivity contribution in [3.63, 3.8) is 0 Å². The third-order valence-corrected chi connectivity index (χ3v) is 5.34. The molecule has 1 aliphatic heterocycles. The summed E-state index contributed by atoms with van der Waals surface area (Å²) in [4.78, 5) is 9.16. The van der Waals surface area contributed by atoms with E-state index in [0.29, 0.717) is 24.9 Å². The predicted molar refractivity (Wildman–Crippen MR) is 116 cm³/mol. The number of rotatable bonds is 8. The van der Waals surface area contributed by atoms with Crippen LogP contribution in [0.25, 0.3) is 10.9 Å². The molecular weight excluding hydrogens is 376 g/mol. The number of aromatic nitrogens is 2. The van der Waals surface area contributed by atoms with E-state index in [9.17, 15) is 0 Å². The van der Waals surface area contributed by atoms with Crippen molar-refractivity contribution in [1.29, 1.82) is 5.26 Å². The van der Waals surface area contributed by atoms with Crippen LogP contribution < -0.4 is 20.9 Å². The van der Waals surface area contributed by atoms with Crippen LogP contribution in [0, 0.1) is 11.3 Å². The first kappa shape index (κ1) is 20.2. The fourth-order valence-electron chi connectivity index (χ4n) is 3.54. The van der Waals surface area contributed by atoms with Crippen LogP contribution in [-0.4, -0.2) is 22.6 Å². The lowest BCUT2D eigenvalue weighted by Gasteiger charge is -2.13. The number of nitrogens with one attached hydrogen (secondary N) is 3. The Morgan fingerprint density at radius 1 is 1.27 bits per heavy atom. The van der Waals surface area contributed by atoms with Gasteiger partial charge in [-0.05, 0) is 42.7 Å². The second-order valence-corrected chi connectivity index (χ2v) is 7.45. The molecule has 0 bridgehead atoms. The molecule has 7 heteroatoms. The highest BCUT2D eigenvalue weighted by Gasteiger charge is 2.16. The number of ether oxygens (including phenoxy) is 1. The van der Waals surface area contributed by atoms with Gasteiger partial charge in [-0.3, -0.25) is 15.8 Å². The fourth-order valence-corrected chi connectivity index (χ4v) is 3.54. The number of hydrogen-bond acceptors (Lipinski definition) is 7. The zero-order valence-electron chi connectivity index (χ0n) is 17.1. The van der Waals surface area contributed by atoms with Crippen LogP contribution in [0.15, 0.2) is 48.7 Å². The third kappa shape index (κ3) is 4.92. The van der Waals surface area contributed by atoms with Gasteiger partial charge in [0.1, 0.15) is 5.75 Å². The smallest absolute Gasteiger partial charge is 0.219 e. The number of benzene rings is 1. The lowest BCUT2D eigenvalue weighted by molar-refractivity contribution is 0.462. The third-order valence-electron chi connectivity index (χ3n) is 5.34. The van der Waals surface area contributed by atoms with Gasteiger partial charge in [-0.15, -0.1) is 0 Å². The van der Waals surface area contributed by atoms with Crippen molar-refractivity contribution in [3.05, 3.63) is 59.9 Å². The van der Waals surface area contributed by atoms with E-state index in [-0.39, 0.29) is 6.04 Å². The average Bonchev–Trinajstić information content (AvgIpc) is 3.32. The molecule has 7 nitrogen and oxygen atoms in total. The van der Waals surface area contributed by atoms with E-state index in [1.54, 1.807) is 0 Å². The summed E-state index contributed by atoms with van der Waals surface area (Å²) < 4.78 is 5.94. The highest BCUT2D eigenvalue weighted by molar-refractivity contribution is 5.80. The standard InChI is InChI=1S/C23H26N6O/c1-2-18(9-11-24)25-15-19-5-3-16-13-20(6-7-21(16)28-19)30-23-8-4-17(14-26-23)22-10-12-27-29-22/h3-8,13-14,18,22,25,27,29H,2,9-10,12,15H2,1H3/t18-,22?/m1/s1. The predicted octanol–water partition coefficient (Wildman–Crippen LogP) is 3.74. The molecular formula is C23H26N6O. The Morgan fingerprint density at radius 3 is 2.93 bits per heavy atom. The van der Waals surface area contributed by atoms with Gasteiger partial charge < -0.3 is 10.1 Å². The van der Waals surface area contributed by atoms with Crippen LogP contribution in [-0.2, 0) is 6.54 Å². The Labute approximate surface area is 176 Å². The van der Waals surface area contributed by atoms with E-state index in [0.717, 1.165) is 47.3 Å². The molecule has 4 rings (SSSR count). The number of fused-ring (bicyclic) bond motifs is 1. The number of nitrogens with zero attached hydrogens (tertiary/aromatic N) is 3. The summed E-state index contributed by atoms with van der Waals surface area (Å²) in [6.45, 7) is 3.69. The molecule has 0 amide bonds. The van der Waals surface area contributed by atoms with Crippen molar-refractivity contribution in [2.75, 3.05) is 6.54 Å². The SMILES string of the molecule is CC[C@H](CC#N)NCc1ccc2cc(Oc3ccc(C4CCNN4)cn3)ccc2n1. The van der Waals surface area contributed by atoms with Gasteiger partial charge in [-0.2, -0.15) is 5.26 Å². The van der Waals surface area contributed by atoms with Crippen molar-refractivity contribution in [2.24, 2.45) is 0 Å².